The van der Waals surface area contributed by atoms with Gasteiger partial charge in [-0.05, 0) is 25.3 Å². The Kier molecular flexibility index (Phi) is 6.12. The zero-order chi connectivity index (χ0) is 18.7. The van der Waals surface area contributed by atoms with E-state index in [1.54, 1.807) is 0 Å². The summed E-state index contributed by atoms with van der Waals surface area (Å²) in [6.07, 6.45) is 0.326. The molecule has 0 radical (unpaired) electrons. The first-order valence-electron chi connectivity index (χ1n) is 9.56. The van der Waals surface area contributed by atoms with Gasteiger partial charge in [-0.2, -0.15) is 5.10 Å². The minimum atomic E-state index is 0.102. The average Bonchev–Trinajstić information content (AvgIpc) is 2.90. The third kappa shape index (κ3) is 4.17. The van der Waals surface area contributed by atoms with Gasteiger partial charge in [0.15, 0.2) is 0 Å². The van der Waals surface area contributed by atoms with Gasteiger partial charge in [0.1, 0.15) is 0 Å². The maximum atomic E-state index is 9.23. The molecule has 26 heavy (non-hydrogen) atoms. The third-order valence-electron chi connectivity index (χ3n) is 5.34. The summed E-state index contributed by atoms with van der Waals surface area (Å²) in [7, 11) is 0. The summed E-state index contributed by atoms with van der Waals surface area (Å²) in [5, 5.41) is 13.8. The van der Waals surface area contributed by atoms with Gasteiger partial charge in [0.25, 0.3) is 0 Å². The molecule has 1 aliphatic heterocycles. The molecule has 0 bridgehead atoms. The standard InChI is InChI=1S/C21H31N3O2/c1-15(2)20-13-23(14-21(26-20)18-8-6-5-7-9-18)12-19-16(3)22-24(10-11-25)17(19)4/h5-9,15,20-21,25H,10-14H2,1-4H3/t20-,21+/m1/s1. The van der Waals surface area contributed by atoms with E-state index in [-0.39, 0.29) is 18.8 Å². The van der Waals surface area contributed by atoms with Crippen LogP contribution in [0.1, 0.15) is 42.5 Å². The molecule has 5 heteroatoms. The highest BCUT2D eigenvalue weighted by Crippen LogP contribution is 2.29. The lowest BCUT2D eigenvalue weighted by atomic mass is 10.0. The van der Waals surface area contributed by atoms with E-state index < -0.39 is 0 Å². The summed E-state index contributed by atoms with van der Waals surface area (Å²) in [6, 6.07) is 10.5. The highest BCUT2D eigenvalue weighted by Gasteiger charge is 2.31. The van der Waals surface area contributed by atoms with Gasteiger partial charge in [-0.15, -0.1) is 0 Å². The smallest absolute Gasteiger partial charge is 0.0956 e. The van der Waals surface area contributed by atoms with Gasteiger partial charge in [-0.3, -0.25) is 9.58 Å². The van der Waals surface area contributed by atoms with E-state index in [1.807, 2.05) is 10.7 Å². The molecule has 0 aliphatic carbocycles. The van der Waals surface area contributed by atoms with E-state index in [9.17, 15) is 5.11 Å². The predicted molar refractivity (Wildman–Crippen MR) is 103 cm³/mol. The summed E-state index contributed by atoms with van der Waals surface area (Å²) < 4.78 is 8.33. The molecule has 3 rings (SSSR count). The second-order valence-electron chi connectivity index (χ2n) is 7.61. The fraction of sp³-hybridized carbons (Fsp3) is 0.571. The van der Waals surface area contributed by atoms with Crippen molar-refractivity contribution in [2.75, 3.05) is 19.7 Å². The van der Waals surface area contributed by atoms with Gasteiger partial charge in [0.2, 0.25) is 0 Å². The van der Waals surface area contributed by atoms with E-state index in [4.69, 9.17) is 4.74 Å². The number of aliphatic hydroxyl groups is 1. The molecule has 1 aromatic heterocycles. The number of ether oxygens (including phenoxy) is 1. The maximum absolute atomic E-state index is 9.23. The third-order valence-corrected chi connectivity index (χ3v) is 5.34. The van der Waals surface area contributed by atoms with Crippen LogP contribution in [0.3, 0.4) is 0 Å². The van der Waals surface area contributed by atoms with Gasteiger partial charge >= 0.3 is 0 Å². The fourth-order valence-corrected chi connectivity index (χ4v) is 3.71. The first-order valence-corrected chi connectivity index (χ1v) is 9.56. The number of aryl methyl sites for hydroxylation is 1. The van der Waals surface area contributed by atoms with Crippen molar-refractivity contribution in [3.63, 3.8) is 0 Å². The zero-order valence-corrected chi connectivity index (χ0v) is 16.4. The molecule has 1 fully saturated rings. The number of hydrogen-bond donors (Lipinski definition) is 1. The average molecular weight is 357 g/mol. The van der Waals surface area contributed by atoms with Crippen molar-refractivity contribution in [3.8, 4) is 0 Å². The summed E-state index contributed by atoms with van der Waals surface area (Å²) in [5.74, 6) is 0.475. The Balaban J connectivity index is 1.80. The van der Waals surface area contributed by atoms with Crippen molar-refractivity contribution in [1.29, 1.82) is 0 Å². The van der Waals surface area contributed by atoms with Crippen LogP contribution in [0.25, 0.3) is 0 Å². The summed E-state index contributed by atoms with van der Waals surface area (Å²) in [5.41, 5.74) is 4.72. The van der Waals surface area contributed by atoms with Crippen LogP contribution >= 0.6 is 0 Å². The van der Waals surface area contributed by atoms with Gasteiger partial charge < -0.3 is 9.84 Å². The number of aromatic nitrogens is 2. The number of nitrogens with zero attached hydrogens (tertiary/aromatic N) is 3. The lowest BCUT2D eigenvalue weighted by Gasteiger charge is -2.40. The van der Waals surface area contributed by atoms with Crippen molar-refractivity contribution < 1.29 is 9.84 Å². The number of hydrogen-bond acceptors (Lipinski definition) is 4. The quantitative estimate of drug-likeness (QED) is 0.863. The monoisotopic (exact) mass is 357 g/mol. The van der Waals surface area contributed by atoms with Crippen LogP contribution in [-0.4, -0.2) is 45.6 Å². The Morgan fingerprint density at radius 1 is 1.19 bits per heavy atom. The Bertz CT molecular complexity index is 712. The van der Waals surface area contributed by atoms with Crippen LogP contribution in [0.15, 0.2) is 30.3 Å². The second-order valence-corrected chi connectivity index (χ2v) is 7.61. The molecule has 0 spiro atoms. The van der Waals surface area contributed by atoms with Crippen LogP contribution in [0.5, 0.6) is 0 Å². The van der Waals surface area contributed by atoms with Crippen molar-refractivity contribution in [1.82, 2.24) is 14.7 Å². The molecule has 2 heterocycles. The van der Waals surface area contributed by atoms with Gasteiger partial charge in [0.05, 0.1) is 31.1 Å². The molecule has 2 aromatic rings. The lowest BCUT2D eigenvalue weighted by molar-refractivity contribution is -0.108. The Morgan fingerprint density at radius 3 is 2.58 bits per heavy atom. The first-order chi connectivity index (χ1) is 12.5. The topological polar surface area (TPSA) is 50.5 Å². The van der Waals surface area contributed by atoms with Crippen LogP contribution in [0, 0.1) is 19.8 Å². The van der Waals surface area contributed by atoms with Gasteiger partial charge in [-0.25, -0.2) is 0 Å². The van der Waals surface area contributed by atoms with Crippen LogP contribution < -0.4 is 0 Å². The minimum Gasteiger partial charge on any atom is -0.394 e. The summed E-state index contributed by atoms with van der Waals surface area (Å²) in [6.45, 7) is 12.0. The first kappa shape index (κ1) is 19.1. The van der Waals surface area contributed by atoms with Crippen LogP contribution in [0.2, 0.25) is 0 Å². The molecule has 1 N–H and O–H groups in total. The van der Waals surface area contributed by atoms with E-state index >= 15 is 0 Å². The normalized spacial score (nSPS) is 21.5. The second kappa shape index (κ2) is 8.33. The minimum absolute atomic E-state index is 0.102. The summed E-state index contributed by atoms with van der Waals surface area (Å²) in [4.78, 5) is 2.49. The predicted octanol–water partition coefficient (Wildman–Crippen LogP) is 3.09. The molecule has 0 saturated carbocycles. The molecular weight excluding hydrogens is 326 g/mol. The van der Waals surface area contributed by atoms with E-state index in [0.29, 0.717) is 12.5 Å². The highest BCUT2D eigenvalue weighted by atomic mass is 16.5. The van der Waals surface area contributed by atoms with E-state index in [1.165, 1.54) is 11.1 Å². The lowest BCUT2D eigenvalue weighted by Crippen LogP contribution is -2.45. The zero-order valence-electron chi connectivity index (χ0n) is 16.4. The molecule has 0 unspecified atom stereocenters. The number of aliphatic hydroxyl groups excluding tert-OH is 1. The molecule has 1 saturated heterocycles. The van der Waals surface area contributed by atoms with Crippen molar-refractivity contribution in [3.05, 3.63) is 52.8 Å². The molecule has 2 atom stereocenters. The van der Waals surface area contributed by atoms with Crippen molar-refractivity contribution >= 4 is 0 Å². The fourth-order valence-electron chi connectivity index (χ4n) is 3.71. The Hall–Kier alpha value is -1.69. The van der Waals surface area contributed by atoms with Crippen LogP contribution in [0.4, 0.5) is 0 Å². The van der Waals surface area contributed by atoms with Gasteiger partial charge in [-0.1, -0.05) is 44.2 Å². The van der Waals surface area contributed by atoms with Crippen molar-refractivity contribution in [2.45, 2.75) is 53.0 Å². The number of morpholine rings is 1. The highest BCUT2D eigenvalue weighted by molar-refractivity contribution is 5.25. The molecule has 1 aliphatic rings. The molecule has 1 aromatic carbocycles. The van der Waals surface area contributed by atoms with Crippen molar-refractivity contribution in [2.24, 2.45) is 5.92 Å². The maximum Gasteiger partial charge on any atom is 0.0956 e. The molecule has 5 nitrogen and oxygen atoms in total. The number of rotatable bonds is 6. The SMILES string of the molecule is Cc1nn(CCO)c(C)c1CN1C[C@@H](c2ccccc2)O[C@@H](C(C)C)C1. The molecule has 142 valence electrons. The Morgan fingerprint density at radius 2 is 1.92 bits per heavy atom. The largest absolute Gasteiger partial charge is 0.394 e. The van der Waals surface area contributed by atoms with Gasteiger partial charge in [0, 0.05) is 30.9 Å². The number of benzene rings is 1. The molecule has 0 amide bonds. The van der Waals surface area contributed by atoms with E-state index in [0.717, 1.165) is 31.0 Å². The summed E-state index contributed by atoms with van der Waals surface area (Å²) >= 11 is 0. The molecular formula is C21H31N3O2. The van der Waals surface area contributed by atoms with Crippen LogP contribution in [-0.2, 0) is 17.8 Å². The Labute approximate surface area is 156 Å². The van der Waals surface area contributed by atoms with E-state index in [2.05, 4.69) is 62.0 Å².